The lowest BCUT2D eigenvalue weighted by atomic mass is 10.0. The van der Waals surface area contributed by atoms with Crippen LogP contribution in [0.2, 0.25) is 0 Å². The Hall–Kier alpha value is -2.36. The Bertz CT molecular complexity index is 1040. The highest BCUT2D eigenvalue weighted by molar-refractivity contribution is 7.85. The van der Waals surface area contributed by atoms with Crippen LogP contribution in [0.4, 0.5) is 5.82 Å². The monoisotopic (exact) mass is 458 g/mol. The number of carbonyl (C=O) groups excluding carboxylic acids is 1. The molecular formula is C17H26N6O7S. The van der Waals surface area contributed by atoms with Crippen molar-refractivity contribution in [2.45, 2.75) is 50.8 Å². The minimum atomic E-state index is -4.50. The van der Waals surface area contributed by atoms with E-state index in [9.17, 15) is 23.4 Å². The van der Waals surface area contributed by atoms with Crippen LogP contribution in [-0.2, 0) is 24.0 Å². The lowest BCUT2D eigenvalue weighted by Gasteiger charge is -2.17. The maximum Gasteiger partial charge on any atom is 0.362 e. The van der Waals surface area contributed by atoms with Crippen LogP contribution in [-0.4, -0.2) is 70.0 Å². The molecule has 0 unspecified atom stereocenters. The summed E-state index contributed by atoms with van der Waals surface area (Å²) in [4.78, 5) is 20.0. The van der Waals surface area contributed by atoms with Gasteiger partial charge >= 0.3 is 10.3 Å². The molecule has 0 spiro atoms. The summed E-state index contributed by atoms with van der Waals surface area (Å²) >= 11 is 0. The summed E-state index contributed by atoms with van der Waals surface area (Å²) in [5, 5.41) is 20.7. The zero-order chi connectivity index (χ0) is 22.9. The van der Waals surface area contributed by atoms with Crippen LogP contribution < -0.4 is 16.2 Å². The molecule has 1 aliphatic rings. The summed E-state index contributed by atoms with van der Waals surface area (Å²) in [7, 11) is -4.50. The summed E-state index contributed by atoms with van der Waals surface area (Å²) in [6.45, 7) is 3.03. The number of hydrogen-bond acceptors (Lipinski definition) is 11. The van der Waals surface area contributed by atoms with Crippen LogP contribution in [0.3, 0.4) is 0 Å². The second-order valence-electron chi connectivity index (χ2n) is 7.70. The molecule has 1 fully saturated rings. The fraction of sp³-hybridized carbons (Fsp3) is 0.588. The number of anilines is 1. The Kier molecular flexibility index (Phi) is 6.78. The molecule has 2 aromatic heterocycles. The Balaban J connectivity index is 1.65. The lowest BCUT2D eigenvalue weighted by Crippen LogP contribution is -2.45. The van der Waals surface area contributed by atoms with Crippen LogP contribution in [0.25, 0.3) is 11.0 Å². The second-order valence-corrected chi connectivity index (χ2v) is 9.05. The predicted molar refractivity (Wildman–Crippen MR) is 108 cm³/mol. The third-order valence-corrected chi connectivity index (χ3v) is 5.70. The first-order valence-corrected chi connectivity index (χ1v) is 11.0. The van der Waals surface area contributed by atoms with Crippen molar-refractivity contribution in [2.24, 2.45) is 11.7 Å². The average molecular weight is 458 g/mol. The number of amides is 1. The maximum absolute atomic E-state index is 12.1. The zero-order valence-electron chi connectivity index (χ0n) is 17.0. The van der Waals surface area contributed by atoms with Crippen molar-refractivity contribution in [3.05, 3.63) is 18.6 Å². The number of ether oxygens (including phenoxy) is 1. The maximum atomic E-state index is 12.1. The Labute approximate surface area is 178 Å². The number of nitrogens with zero attached hydrogens (tertiary/aromatic N) is 3. The van der Waals surface area contributed by atoms with Gasteiger partial charge in [-0.1, -0.05) is 13.8 Å². The molecule has 0 bridgehead atoms. The molecule has 3 rings (SSSR count). The number of nitrogens with two attached hydrogens (primary N) is 2. The van der Waals surface area contributed by atoms with Crippen molar-refractivity contribution >= 4 is 33.1 Å². The summed E-state index contributed by atoms with van der Waals surface area (Å²) in [6, 6.07) is 0.583. The standard InChI is InChI=1S/C17H26N6O7S/c1-8(2)5-9(18)16(26)22-31(27,28)29-6-11-13(24)14(25)17(30-11)23-7-21-12-10(23)3-4-20-15(12)19/h3-4,7-9,11,13-14,17,24-25H,5-6,18H2,1-2H3,(H2,19,20)(H,22,26)/t9-,11+,13+,14+,17+/m0/s1. The molecular weight excluding hydrogens is 432 g/mol. The molecule has 2 aromatic rings. The molecule has 1 amide bonds. The number of aliphatic hydroxyl groups excluding tert-OH is 2. The van der Waals surface area contributed by atoms with Gasteiger partial charge in [0.2, 0.25) is 0 Å². The topological polar surface area (TPSA) is 205 Å². The van der Waals surface area contributed by atoms with Crippen molar-refractivity contribution in [1.82, 2.24) is 19.3 Å². The first kappa shape index (κ1) is 23.3. The first-order valence-electron chi connectivity index (χ1n) is 9.55. The van der Waals surface area contributed by atoms with Gasteiger partial charge in [-0.15, -0.1) is 0 Å². The van der Waals surface area contributed by atoms with Gasteiger partial charge < -0.3 is 31.0 Å². The van der Waals surface area contributed by atoms with E-state index in [1.165, 1.54) is 17.1 Å². The highest BCUT2D eigenvalue weighted by Gasteiger charge is 2.45. The van der Waals surface area contributed by atoms with Crippen LogP contribution in [0, 0.1) is 5.92 Å². The van der Waals surface area contributed by atoms with E-state index in [4.69, 9.17) is 20.4 Å². The third-order valence-electron chi connectivity index (χ3n) is 4.81. The van der Waals surface area contributed by atoms with Crippen molar-refractivity contribution in [3.63, 3.8) is 0 Å². The van der Waals surface area contributed by atoms with E-state index in [0.717, 1.165) is 0 Å². The van der Waals surface area contributed by atoms with E-state index in [0.29, 0.717) is 17.5 Å². The van der Waals surface area contributed by atoms with E-state index in [2.05, 4.69) is 9.97 Å². The van der Waals surface area contributed by atoms with Crippen LogP contribution >= 0.6 is 0 Å². The van der Waals surface area contributed by atoms with Gasteiger partial charge in [0.05, 0.1) is 24.5 Å². The molecule has 14 heteroatoms. The van der Waals surface area contributed by atoms with Crippen molar-refractivity contribution in [2.75, 3.05) is 12.3 Å². The predicted octanol–water partition coefficient (Wildman–Crippen LogP) is -1.62. The SMILES string of the molecule is CC(C)C[C@H](N)C(=O)NS(=O)(=O)OC[C@H]1O[C@@H](n2cnc3c(N)nccc32)[C@H](O)[C@@H]1O. The Morgan fingerprint density at radius 1 is 1.35 bits per heavy atom. The third kappa shape index (κ3) is 5.11. The smallest absolute Gasteiger partial charge is 0.362 e. The van der Waals surface area contributed by atoms with E-state index in [-0.39, 0.29) is 11.7 Å². The van der Waals surface area contributed by atoms with Gasteiger partial charge in [-0.2, -0.15) is 8.42 Å². The highest BCUT2D eigenvalue weighted by atomic mass is 32.2. The van der Waals surface area contributed by atoms with E-state index in [1.54, 1.807) is 10.8 Å². The molecule has 7 N–H and O–H groups in total. The highest BCUT2D eigenvalue weighted by Crippen LogP contribution is 2.32. The number of pyridine rings is 1. The number of rotatable bonds is 8. The molecule has 1 aliphatic heterocycles. The largest absolute Gasteiger partial charge is 0.387 e. The van der Waals surface area contributed by atoms with Gasteiger partial charge in [0.15, 0.2) is 12.0 Å². The number of fused-ring (bicyclic) bond motifs is 1. The van der Waals surface area contributed by atoms with Gasteiger partial charge in [0, 0.05) is 6.20 Å². The number of aromatic nitrogens is 3. The van der Waals surface area contributed by atoms with E-state index < -0.39 is 53.4 Å². The van der Waals surface area contributed by atoms with Gasteiger partial charge in [0.1, 0.15) is 23.8 Å². The zero-order valence-corrected chi connectivity index (χ0v) is 17.8. The first-order chi connectivity index (χ1) is 14.5. The number of aliphatic hydroxyl groups is 2. The van der Waals surface area contributed by atoms with E-state index in [1.807, 2.05) is 13.8 Å². The number of nitrogens with one attached hydrogen (secondary N) is 1. The summed E-state index contributed by atoms with van der Waals surface area (Å²) in [5.41, 5.74) is 12.3. The molecule has 0 aromatic carbocycles. The lowest BCUT2D eigenvalue weighted by molar-refractivity contribution is -0.121. The van der Waals surface area contributed by atoms with Gasteiger partial charge in [0.25, 0.3) is 5.91 Å². The van der Waals surface area contributed by atoms with Crippen LogP contribution in [0.1, 0.15) is 26.5 Å². The summed E-state index contributed by atoms with van der Waals surface area (Å²) in [6.07, 6.45) is -2.04. The van der Waals surface area contributed by atoms with Gasteiger partial charge in [-0.25, -0.2) is 14.7 Å². The van der Waals surface area contributed by atoms with Crippen molar-refractivity contribution in [3.8, 4) is 0 Å². The quantitative estimate of drug-likeness (QED) is 0.304. The average Bonchev–Trinajstić information content (AvgIpc) is 3.22. The molecule has 13 nitrogen and oxygen atoms in total. The Morgan fingerprint density at radius 2 is 2.06 bits per heavy atom. The summed E-state index contributed by atoms with van der Waals surface area (Å²) < 4.78 is 37.7. The number of nitrogen functional groups attached to an aromatic ring is 1. The minimum Gasteiger partial charge on any atom is -0.387 e. The molecule has 31 heavy (non-hydrogen) atoms. The molecule has 1 saturated heterocycles. The minimum absolute atomic E-state index is 0.0928. The van der Waals surface area contributed by atoms with Gasteiger partial charge in [-0.05, 0) is 18.4 Å². The Morgan fingerprint density at radius 3 is 2.74 bits per heavy atom. The number of hydrogen-bond donors (Lipinski definition) is 5. The molecule has 0 saturated carbocycles. The van der Waals surface area contributed by atoms with E-state index >= 15 is 0 Å². The molecule has 5 atom stereocenters. The molecule has 3 heterocycles. The molecule has 0 radical (unpaired) electrons. The number of imidazole rings is 1. The van der Waals surface area contributed by atoms with Gasteiger partial charge in [-0.3, -0.25) is 8.98 Å². The van der Waals surface area contributed by atoms with Crippen LogP contribution in [0.5, 0.6) is 0 Å². The van der Waals surface area contributed by atoms with Crippen LogP contribution in [0.15, 0.2) is 18.6 Å². The fourth-order valence-corrected chi connectivity index (χ4v) is 4.05. The normalized spacial score (nSPS) is 25.2. The fourth-order valence-electron chi connectivity index (χ4n) is 3.28. The summed E-state index contributed by atoms with van der Waals surface area (Å²) in [5.74, 6) is -0.632. The molecule has 172 valence electrons. The van der Waals surface area contributed by atoms with Crippen molar-refractivity contribution in [1.29, 1.82) is 0 Å². The number of carbonyl (C=O) groups is 1. The molecule has 0 aliphatic carbocycles. The van der Waals surface area contributed by atoms with Crippen molar-refractivity contribution < 1.29 is 32.3 Å². The second kappa shape index (κ2) is 9.02.